The fourth-order valence-electron chi connectivity index (χ4n) is 1.71. The molecule has 0 atom stereocenters. The van der Waals surface area contributed by atoms with E-state index in [4.69, 9.17) is 27.9 Å². The molecule has 0 saturated heterocycles. The van der Waals surface area contributed by atoms with Gasteiger partial charge in [-0.1, -0.05) is 35.3 Å². The third-order valence-electron chi connectivity index (χ3n) is 2.66. The number of ether oxygens (including phenoxy) is 1. The number of benzene rings is 2. The van der Waals surface area contributed by atoms with E-state index in [1.54, 1.807) is 0 Å². The molecule has 2 aromatic carbocycles. The van der Waals surface area contributed by atoms with Gasteiger partial charge in [0.15, 0.2) is 0 Å². The number of carbonyl (C=O) groups is 1. The van der Waals surface area contributed by atoms with Crippen LogP contribution in [0.1, 0.15) is 10.4 Å². The molecule has 2 rings (SSSR count). The monoisotopic (exact) mass is 298 g/mol. The molecule has 98 valence electrons. The first-order valence-electron chi connectivity index (χ1n) is 5.35. The van der Waals surface area contributed by atoms with Crippen LogP contribution in [0, 0.1) is 5.82 Å². The molecule has 0 spiro atoms. The van der Waals surface area contributed by atoms with Crippen LogP contribution in [0.3, 0.4) is 0 Å². The van der Waals surface area contributed by atoms with Crippen molar-refractivity contribution in [2.24, 2.45) is 0 Å². The molecule has 0 heterocycles. The maximum absolute atomic E-state index is 13.9. The van der Waals surface area contributed by atoms with E-state index in [0.717, 1.165) is 6.07 Å². The van der Waals surface area contributed by atoms with Crippen molar-refractivity contribution in [2.45, 2.75) is 0 Å². The molecule has 0 saturated carbocycles. The van der Waals surface area contributed by atoms with Crippen molar-refractivity contribution in [1.29, 1.82) is 0 Å². The first kappa shape index (κ1) is 13.8. The summed E-state index contributed by atoms with van der Waals surface area (Å²) in [6.45, 7) is 0. The van der Waals surface area contributed by atoms with E-state index < -0.39 is 5.82 Å². The Balaban J connectivity index is 2.59. The second-order valence-electron chi connectivity index (χ2n) is 3.82. The lowest BCUT2D eigenvalue weighted by atomic mass is 10.0. The van der Waals surface area contributed by atoms with Crippen LogP contribution in [0.15, 0.2) is 30.3 Å². The van der Waals surface area contributed by atoms with Crippen molar-refractivity contribution >= 4 is 29.5 Å². The smallest absolute Gasteiger partial charge is 0.150 e. The Morgan fingerprint density at radius 2 is 1.84 bits per heavy atom. The highest BCUT2D eigenvalue weighted by Crippen LogP contribution is 2.37. The topological polar surface area (TPSA) is 26.3 Å². The van der Waals surface area contributed by atoms with Crippen molar-refractivity contribution in [2.75, 3.05) is 7.11 Å². The van der Waals surface area contributed by atoms with E-state index in [-0.39, 0.29) is 11.1 Å². The Morgan fingerprint density at radius 3 is 2.42 bits per heavy atom. The zero-order valence-corrected chi connectivity index (χ0v) is 11.4. The molecule has 2 aromatic rings. The molecular weight excluding hydrogens is 290 g/mol. The van der Waals surface area contributed by atoms with Gasteiger partial charge in [-0.05, 0) is 12.1 Å². The quantitative estimate of drug-likeness (QED) is 0.773. The lowest BCUT2D eigenvalue weighted by Crippen LogP contribution is -1.91. The number of methoxy groups -OCH3 is 1. The van der Waals surface area contributed by atoms with E-state index in [2.05, 4.69) is 0 Å². The van der Waals surface area contributed by atoms with Gasteiger partial charge in [-0.25, -0.2) is 4.39 Å². The van der Waals surface area contributed by atoms with Crippen LogP contribution in [-0.2, 0) is 0 Å². The predicted molar refractivity (Wildman–Crippen MR) is 73.8 cm³/mol. The number of halogens is 3. The number of rotatable bonds is 3. The minimum atomic E-state index is -0.535. The summed E-state index contributed by atoms with van der Waals surface area (Å²) in [5, 5.41) is 0.653. The molecule has 5 heteroatoms. The Bertz CT molecular complexity index is 642. The molecule has 0 bridgehead atoms. The molecular formula is C14H9Cl2FO2. The van der Waals surface area contributed by atoms with Crippen molar-refractivity contribution in [3.63, 3.8) is 0 Å². The molecule has 0 aromatic heterocycles. The van der Waals surface area contributed by atoms with Gasteiger partial charge in [0.2, 0.25) is 0 Å². The van der Waals surface area contributed by atoms with Gasteiger partial charge in [0.1, 0.15) is 17.9 Å². The molecule has 0 aliphatic heterocycles. The van der Waals surface area contributed by atoms with E-state index in [0.29, 0.717) is 27.6 Å². The van der Waals surface area contributed by atoms with Crippen LogP contribution >= 0.6 is 23.2 Å². The maximum atomic E-state index is 13.9. The molecule has 0 aliphatic rings. The zero-order chi connectivity index (χ0) is 14.0. The summed E-state index contributed by atoms with van der Waals surface area (Å²) in [6.07, 6.45) is 0.579. The van der Waals surface area contributed by atoms with Crippen molar-refractivity contribution < 1.29 is 13.9 Å². The Kier molecular flexibility index (Phi) is 4.08. The minimum absolute atomic E-state index is 0.261. The predicted octanol–water partition coefficient (Wildman–Crippen LogP) is 4.62. The average Bonchev–Trinajstić information content (AvgIpc) is 2.41. The summed E-state index contributed by atoms with van der Waals surface area (Å²) in [4.78, 5) is 10.6. The van der Waals surface area contributed by atoms with Gasteiger partial charge in [0.05, 0.1) is 17.2 Å². The first-order valence-corrected chi connectivity index (χ1v) is 6.10. The van der Waals surface area contributed by atoms with Crippen LogP contribution in [0.5, 0.6) is 5.75 Å². The van der Waals surface area contributed by atoms with Gasteiger partial charge in [0, 0.05) is 22.8 Å². The van der Waals surface area contributed by atoms with Crippen LogP contribution in [0.4, 0.5) is 4.39 Å². The standard InChI is InChI=1S/C14H9Cl2FO2/c1-19-14-6-11(15)10(5-12(14)16)9-3-2-8(7-18)4-13(9)17/h2-7H,1H3. The second kappa shape index (κ2) is 5.59. The highest BCUT2D eigenvalue weighted by Gasteiger charge is 2.13. The van der Waals surface area contributed by atoms with Gasteiger partial charge in [-0.15, -0.1) is 0 Å². The van der Waals surface area contributed by atoms with Gasteiger partial charge in [-0.2, -0.15) is 0 Å². The summed E-state index contributed by atoms with van der Waals surface area (Å²) in [6, 6.07) is 7.20. The Hall–Kier alpha value is -1.58. The summed E-state index contributed by atoms with van der Waals surface area (Å²) in [5.74, 6) is -0.118. The third kappa shape index (κ3) is 2.72. The molecule has 2 nitrogen and oxygen atoms in total. The van der Waals surface area contributed by atoms with Crippen LogP contribution in [0.2, 0.25) is 10.0 Å². The summed E-state index contributed by atoms with van der Waals surface area (Å²) >= 11 is 12.1. The van der Waals surface area contributed by atoms with E-state index >= 15 is 0 Å². The first-order chi connectivity index (χ1) is 9.06. The lowest BCUT2D eigenvalue weighted by molar-refractivity contribution is 0.112. The largest absolute Gasteiger partial charge is 0.495 e. The van der Waals surface area contributed by atoms with Gasteiger partial charge in [0.25, 0.3) is 0 Å². The maximum Gasteiger partial charge on any atom is 0.150 e. The van der Waals surface area contributed by atoms with E-state index in [1.807, 2.05) is 0 Å². The Morgan fingerprint density at radius 1 is 1.11 bits per heavy atom. The van der Waals surface area contributed by atoms with Gasteiger partial charge >= 0.3 is 0 Å². The molecule has 0 fully saturated rings. The number of hydrogen-bond acceptors (Lipinski definition) is 2. The van der Waals surface area contributed by atoms with Gasteiger partial charge < -0.3 is 4.74 Å². The van der Waals surface area contributed by atoms with Crippen molar-refractivity contribution in [1.82, 2.24) is 0 Å². The minimum Gasteiger partial charge on any atom is -0.495 e. The highest BCUT2D eigenvalue weighted by molar-refractivity contribution is 6.36. The number of carbonyl (C=O) groups excluding carboxylic acids is 1. The highest BCUT2D eigenvalue weighted by atomic mass is 35.5. The molecule has 0 radical (unpaired) electrons. The number of hydrogen-bond donors (Lipinski definition) is 0. The molecule has 0 N–H and O–H groups in total. The zero-order valence-electron chi connectivity index (χ0n) is 9.91. The van der Waals surface area contributed by atoms with E-state index in [9.17, 15) is 9.18 Å². The summed E-state index contributed by atoms with van der Waals surface area (Å²) in [7, 11) is 1.47. The van der Waals surface area contributed by atoms with Crippen LogP contribution in [0.25, 0.3) is 11.1 Å². The SMILES string of the molecule is COc1cc(Cl)c(-c2ccc(C=O)cc2F)cc1Cl. The second-order valence-corrected chi connectivity index (χ2v) is 4.64. The molecule has 0 aliphatic carbocycles. The van der Waals surface area contributed by atoms with Crippen molar-refractivity contribution in [3.8, 4) is 16.9 Å². The summed E-state index contributed by atoms with van der Waals surface area (Å²) in [5.41, 5.74) is 0.986. The average molecular weight is 299 g/mol. The number of aldehydes is 1. The summed E-state index contributed by atoms with van der Waals surface area (Å²) < 4.78 is 19.0. The van der Waals surface area contributed by atoms with Crippen molar-refractivity contribution in [3.05, 3.63) is 51.8 Å². The molecule has 19 heavy (non-hydrogen) atoms. The van der Waals surface area contributed by atoms with E-state index in [1.165, 1.54) is 31.4 Å². The molecule has 0 amide bonds. The fraction of sp³-hybridized carbons (Fsp3) is 0.0714. The lowest BCUT2D eigenvalue weighted by Gasteiger charge is -2.10. The fourth-order valence-corrected chi connectivity index (χ4v) is 2.21. The molecule has 0 unspecified atom stereocenters. The van der Waals surface area contributed by atoms with Gasteiger partial charge in [-0.3, -0.25) is 4.79 Å². The Labute approximate surface area is 119 Å². The van der Waals surface area contributed by atoms with Crippen LogP contribution < -0.4 is 4.74 Å². The van der Waals surface area contributed by atoms with Crippen LogP contribution in [-0.4, -0.2) is 13.4 Å². The normalized spacial score (nSPS) is 10.3. The third-order valence-corrected chi connectivity index (χ3v) is 3.27.